The number of rotatable bonds is 2. The van der Waals surface area contributed by atoms with Crippen LogP contribution in [0.25, 0.3) is 0 Å². The van der Waals surface area contributed by atoms with Crippen LogP contribution in [0.4, 0.5) is 10.1 Å². The summed E-state index contributed by atoms with van der Waals surface area (Å²) in [5.74, 6) is -0.477. The molecule has 0 aliphatic rings. The zero-order valence-electron chi connectivity index (χ0n) is 8.66. The van der Waals surface area contributed by atoms with E-state index >= 15 is 0 Å². The van der Waals surface area contributed by atoms with Crippen molar-refractivity contribution in [3.8, 4) is 0 Å². The molecule has 1 amide bonds. The average Bonchev–Trinajstić information content (AvgIpc) is 2.68. The fourth-order valence-electron chi connectivity index (χ4n) is 1.28. The van der Waals surface area contributed by atoms with E-state index in [-0.39, 0.29) is 11.7 Å². The van der Waals surface area contributed by atoms with Crippen LogP contribution in [0.1, 0.15) is 14.5 Å². The molecule has 1 aromatic heterocycles. The SMILES string of the molecule is Cc1ccc(C(=O)Nc2ccc(F)cc2)s1. The van der Waals surface area contributed by atoms with Crippen molar-refractivity contribution in [3.05, 3.63) is 52.0 Å². The molecule has 0 bridgehead atoms. The molecule has 0 saturated heterocycles. The number of nitrogens with one attached hydrogen (secondary N) is 1. The van der Waals surface area contributed by atoms with E-state index in [1.165, 1.54) is 35.6 Å². The predicted octanol–water partition coefficient (Wildman–Crippen LogP) is 3.45. The number of thiophene rings is 1. The summed E-state index contributed by atoms with van der Waals surface area (Å²) in [5.41, 5.74) is 0.595. The van der Waals surface area contributed by atoms with Gasteiger partial charge < -0.3 is 5.32 Å². The molecule has 4 heteroatoms. The van der Waals surface area contributed by atoms with Gasteiger partial charge in [-0.3, -0.25) is 4.79 Å². The maximum atomic E-state index is 12.6. The van der Waals surface area contributed by atoms with Gasteiger partial charge in [0.1, 0.15) is 5.82 Å². The summed E-state index contributed by atoms with van der Waals surface area (Å²) in [6, 6.07) is 9.37. The van der Waals surface area contributed by atoms with Crippen LogP contribution in [0.5, 0.6) is 0 Å². The monoisotopic (exact) mass is 235 g/mol. The highest BCUT2D eigenvalue weighted by molar-refractivity contribution is 7.14. The molecule has 82 valence electrons. The van der Waals surface area contributed by atoms with Gasteiger partial charge in [-0.05, 0) is 43.3 Å². The lowest BCUT2D eigenvalue weighted by atomic mass is 10.3. The standard InChI is InChI=1S/C12H10FNOS/c1-8-2-7-11(16-8)12(15)14-10-5-3-9(13)4-6-10/h2-7H,1H3,(H,14,15). The molecule has 0 atom stereocenters. The minimum Gasteiger partial charge on any atom is -0.321 e. The van der Waals surface area contributed by atoms with Crippen LogP contribution in [0.15, 0.2) is 36.4 Å². The molecule has 1 aromatic carbocycles. The third kappa shape index (κ3) is 2.46. The fraction of sp³-hybridized carbons (Fsp3) is 0.0833. The second-order valence-corrected chi connectivity index (χ2v) is 4.66. The first-order valence-electron chi connectivity index (χ1n) is 4.78. The van der Waals surface area contributed by atoms with Crippen molar-refractivity contribution in [2.24, 2.45) is 0 Å². The van der Waals surface area contributed by atoms with E-state index in [1.807, 2.05) is 13.0 Å². The highest BCUT2D eigenvalue weighted by Gasteiger charge is 2.07. The summed E-state index contributed by atoms with van der Waals surface area (Å²) in [7, 11) is 0. The van der Waals surface area contributed by atoms with Crippen molar-refractivity contribution in [1.82, 2.24) is 0 Å². The van der Waals surface area contributed by atoms with E-state index in [2.05, 4.69) is 5.32 Å². The second-order valence-electron chi connectivity index (χ2n) is 3.37. The number of hydrogen-bond donors (Lipinski definition) is 1. The maximum absolute atomic E-state index is 12.6. The number of carbonyl (C=O) groups excluding carboxylic acids is 1. The van der Waals surface area contributed by atoms with E-state index in [1.54, 1.807) is 6.07 Å². The van der Waals surface area contributed by atoms with Gasteiger partial charge in [0.15, 0.2) is 0 Å². The average molecular weight is 235 g/mol. The van der Waals surface area contributed by atoms with Gasteiger partial charge in [-0.1, -0.05) is 0 Å². The molecule has 0 radical (unpaired) electrons. The number of carbonyl (C=O) groups is 1. The number of benzene rings is 1. The number of anilines is 1. The first kappa shape index (κ1) is 10.8. The van der Waals surface area contributed by atoms with Gasteiger partial charge in [0.2, 0.25) is 0 Å². The van der Waals surface area contributed by atoms with Crippen molar-refractivity contribution >= 4 is 22.9 Å². The lowest BCUT2D eigenvalue weighted by Crippen LogP contribution is -2.09. The van der Waals surface area contributed by atoms with Crippen LogP contribution in [0.2, 0.25) is 0 Å². The summed E-state index contributed by atoms with van der Waals surface area (Å²) in [4.78, 5) is 13.5. The Morgan fingerprint density at radius 2 is 1.88 bits per heavy atom. The number of halogens is 1. The molecular weight excluding hydrogens is 225 g/mol. The Balaban J connectivity index is 2.10. The number of aryl methyl sites for hydroxylation is 1. The largest absolute Gasteiger partial charge is 0.321 e. The fourth-order valence-corrected chi connectivity index (χ4v) is 2.05. The van der Waals surface area contributed by atoms with Gasteiger partial charge in [0, 0.05) is 10.6 Å². The topological polar surface area (TPSA) is 29.1 Å². The first-order chi connectivity index (χ1) is 7.65. The van der Waals surface area contributed by atoms with Crippen LogP contribution in [-0.4, -0.2) is 5.91 Å². The van der Waals surface area contributed by atoms with Crippen LogP contribution in [0, 0.1) is 12.7 Å². The van der Waals surface area contributed by atoms with Crippen molar-refractivity contribution in [3.63, 3.8) is 0 Å². The van der Waals surface area contributed by atoms with E-state index in [4.69, 9.17) is 0 Å². The van der Waals surface area contributed by atoms with Crippen molar-refractivity contribution in [2.75, 3.05) is 5.32 Å². The van der Waals surface area contributed by atoms with Gasteiger partial charge in [-0.25, -0.2) is 4.39 Å². The van der Waals surface area contributed by atoms with Gasteiger partial charge >= 0.3 is 0 Å². The molecule has 0 unspecified atom stereocenters. The highest BCUT2D eigenvalue weighted by atomic mass is 32.1. The molecule has 0 saturated carbocycles. The Kier molecular flexibility index (Phi) is 3.01. The molecule has 0 aliphatic heterocycles. The second kappa shape index (κ2) is 4.45. The summed E-state index contributed by atoms with van der Waals surface area (Å²) < 4.78 is 12.6. The number of amides is 1. The van der Waals surface area contributed by atoms with Crippen LogP contribution < -0.4 is 5.32 Å². The third-order valence-electron chi connectivity index (χ3n) is 2.07. The summed E-state index contributed by atoms with van der Waals surface area (Å²) in [6.45, 7) is 1.94. The van der Waals surface area contributed by atoms with Gasteiger partial charge in [-0.2, -0.15) is 0 Å². The minimum atomic E-state index is -0.315. The van der Waals surface area contributed by atoms with Crippen molar-refractivity contribution in [1.29, 1.82) is 0 Å². The minimum absolute atomic E-state index is 0.162. The van der Waals surface area contributed by atoms with Crippen LogP contribution >= 0.6 is 11.3 Å². The zero-order valence-corrected chi connectivity index (χ0v) is 9.48. The Labute approximate surface area is 96.7 Å². The lowest BCUT2D eigenvalue weighted by molar-refractivity contribution is 0.103. The Morgan fingerprint density at radius 1 is 1.19 bits per heavy atom. The van der Waals surface area contributed by atoms with Gasteiger partial charge in [0.05, 0.1) is 4.88 Å². The quantitative estimate of drug-likeness (QED) is 0.848. The molecule has 1 N–H and O–H groups in total. The third-order valence-corrected chi connectivity index (χ3v) is 3.07. The molecule has 0 fully saturated rings. The molecule has 1 heterocycles. The van der Waals surface area contributed by atoms with Gasteiger partial charge in [-0.15, -0.1) is 11.3 Å². The zero-order chi connectivity index (χ0) is 11.5. The number of hydrogen-bond acceptors (Lipinski definition) is 2. The first-order valence-corrected chi connectivity index (χ1v) is 5.60. The highest BCUT2D eigenvalue weighted by Crippen LogP contribution is 2.17. The van der Waals surface area contributed by atoms with E-state index in [0.29, 0.717) is 10.6 Å². The van der Waals surface area contributed by atoms with Crippen molar-refractivity contribution < 1.29 is 9.18 Å². The molecule has 16 heavy (non-hydrogen) atoms. The van der Waals surface area contributed by atoms with Crippen molar-refractivity contribution in [2.45, 2.75) is 6.92 Å². The normalized spacial score (nSPS) is 10.1. The van der Waals surface area contributed by atoms with Gasteiger partial charge in [0.25, 0.3) is 5.91 Å². The molecule has 2 rings (SSSR count). The molecule has 2 aromatic rings. The summed E-state index contributed by atoms with van der Waals surface area (Å²) in [5, 5.41) is 2.70. The van der Waals surface area contributed by atoms with E-state index in [9.17, 15) is 9.18 Å². The van der Waals surface area contributed by atoms with Crippen LogP contribution in [-0.2, 0) is 0 Å². The molecular formula is C12H10FNOS. The lowest BCUT2D eigenvalue weighted by Gasteiger charge is -2.02. The predicted molar refractivity (Wildman–Crippen MR) is 63.4 cm³/mol. The van der Waals surface area contributed by atoms with E-state index in [0.717, 1.165) is 4.88 Å². The maximum Gasteiger partial charge on any atom is 0.265 e. The molecule has 0 aliphatic carbocycles. The Bertz CT molecular complexity index is 504. The van der Waals surface area contributed by atoms with Crippen LogP contribution in [0.3, 0.4) is 0 Å². The Morgan fingerprint density at radius 3 is 2.44 bits per heavy atom. The Hall–Kier alpha value is -1.68. The van der Waals surface area contributed by atoms with E-state index < -0.39 is 0 Å². The summed E-state index contributed by atoms with van der Waals surface area (Å²) >= 11 is 1.43. The molecule has 0 spiro atoms. The smallest absolute Gasteiger partial charge is 0.265 e. The molecule has 2 nitrogen and oxygen atoms in total. The summed E-state index contributed by atoms with van der Waals surface area (Å²) in [6.07, 6.45) is 0.